The smallest absolute Gasteiger partial charge is 0.252 e. The van der Waals surface area contributed by atoms with Gasteiger partial charge in [-0.3, -0.25) is 4.79 Å². The van der Waals surface area contributed by atoms with Gasteiger partial charge in [0.2, 0.25) is 0 Å². The van der Waals surface area contributed by atoms with Gasteiger partial charge in [-0.1, -0.05) is 12.1 Å². The molecule has 6 N–H and O–H groups in total. The van der Waals surface area contributed by atoms with Crippen molar-refractivity contribution in [2.45, 2.75) is 12.3 Å². The third-order valence-corrected chi connectivity index (χ3v) is 6.25. The van der Waals surface area contributed by atoms with E-state index in [9.17, 15) is 22.0 Å². The summed E-state index contributed by atoms with van der Waals surface area (Å²) in [5, 5.41) is 6.00. The largest absolute Gasteiger partial charge is 0.380 e. The van der Waals surface area contributed by atoms with Gasteiger partial charge >= 0.3 is 0 Å². The average molecular weight is 476 g/mol. The summed E-state index contributed by atoms with van der Waals surface area (Å²) in [6, 6.07) is 11.4. The molecule has 3 rings (SSSR count). The third kappa shape index (κ3) is 6.96. The monoisotopic (exact) mass is 475 g/mol. The van der Waals surface area contributed by atoms with Gasteiger partial charge in [-0.25, -0.2) is 22.2 Å². The highest BCUT2D eigenvalue weighted by molar-refractivity contribution is 7.90. The fourth-order valence-electron chi connectivity index (χ4n) is 3.11. The molecule has 0 spiro atoms. The zero-order valence-electron chi connectivity index (χ0n) is 17.5. The Morgan fingerprint density at radius 1 is 1.00 bits per heavy atom. The van der Waals surface area contributed by atoms with Crippen LogP contribution >= 0.6 is 0 Å². The number of carbonyl (C=O) groups is 1. The molecule has 2 aromatic carbocycles. The van der Waals surface area contributed by atoms with E-state index in [0.717, 1.165) is 6.07 Å². The minimum absolute atomic E-state index is 0.0460. The van der Waals surface area contributed by atoms with Crippen LogP contribution in [0.25, 0.3) is 0 Å². The number of halogens is 2. The fraction of sp³-hybridized carbons (Fsp3) is 0.182. The Kier molecular flexibility index (Phi) is 7.56. The van der Waals surface area contributed by atoms with Crippen molar-refractivity contribution in [3.05, 3.63) is 83.1 Å². The van der Waals surface area contributed by atoms with Crippen molar-refractivity contribution in [1.82, 2.24) is 4.98 Å². The summed E-state index contributed by atoms with van der Waals surface area (Å²) in [6.45, 7) is 0.115. The highest BCUT2D eigenvalue weighted by atomic mass is 32.2. The SMILES string of the molecule is NCCS(=O)(=O)Cc1ccc(Nc2cc(NCc3cc(F)cc(F)c3)c(C(N)=O)cn2)cc1. The van der Waals surface area contributed by atoms with Gasteiger partial charge in [0.1, 0.15) is 17.5 Å². The standard InChI is InChI=1S/C22H23F2N5O3S/c23-16-7-15(8-17(24)9-16)11-27-20-10-21(28-12-19(20)22(26)30)29-18-3-1-14(2-4-18)13-33(31,32)6-5-25/h1-4,7-10,12H,5-6,11,13,25H2,(H2,26,30)(H2,27,28,29). The lowest BCUT2D eigenvalue weighted by Crippen LogP contribution is -2.17. The molecule has 8 nitrogen and oxygen atoms in total. The average Bonchev–Trinajstić information content (AvgIpc) is 2.72. The number of nitrogens with one attached hydrogen (secondary N) is 2. The van der Waals surface area contributed by atoms with Crippen molar-refractivity contribution in [3.63, 3.8) is 0 Å². The predicted molar refractivity (Wildman–Crippen MR) is 123 cm³/mol. The number of hydrogen-bond donors (Lipinski definition) is 4. The molecule has 0 aliphatic rings. The second-order valence-electron chi connectivity index (χ2n) is 7.31. The summed E-state index contributed by atoms with van der Waals surface area (Å²) in [4.78, 5) is 15.9. The normalized spacial score (nSPS) is 11.2. The van der Waals surface area contributed by atoms with Crippen molar-refractivity contribution in [1.29, 1.82) is 0 Å². The molecule has 0 saturated heterocycles. The summed E-state index contributed by atoms with van der Waals surface area (Å²) >= 11 is 0. The van der Waals surface area contributed by atoms with E-state index in [1.54, 1.807) is 24.3 Å². The molecule has 0 bridgehead atoms. The summed E-state index contributed by atoms with van der Waals surface area (Å²) < 4.78 is 50.7. The summed E-state index contributed by atoms with van der Waals surface area (Å²) in [5.74, 6) is -1.95. The molecule has 1 aromatic heterocycles. The first-order valence-electron chi connectivity index (χ1n) is 9.90. The molecule has 0 saturated carbocycles. The van der Waals surface area contributed by atoms with Gasteiger partial charge in [-0.05, 0) is 35.4 Å². The first-order chi connectivity index (χ1) is 15.6. The summed E-state index contributed by atoms with van der Waals surface area (Å²) in [6.07, 6.45) is 1.28. The van der Waals surface area contributed by atoms with E-state index in [0.29, 0.717) is 28.3 Å². The zero-order valence-corrected chi connectivity index (χ0v) is 18.3. The predicted octanol–water partition coefficient (Wildman–Crippen LogP) is 2.69. The van der Waals surface area contributed by atoms with E-state index < -0.39 is 27.4 Å². The maximum absolute atomic E-state index is 13.4. The minimum Gasteiger partial charge on any atom is -0.380 e. The highest BCUT2D eigenvalue weighted by Gasteiger charge is 2.13. The van der Waals surface area contributed by atoms with E-state index >= 15 is 0 Å². The van der Waals surface area contributed by atoms with E-state index in [-0.39, 0.29) is 30.2 Å². The number of pyridine rings is 1. The van der Waals surface area contributed by atoms with Crippen LogP contribution in [0.3, 0.4) is 0 Å². The number of carbonyl (C=O) groups excluding carboxylic acids is 1. The molecule has 0 aliphatic heterocycles. The van der Waals surface area contributed by atoms with Crippen LogP contribution in [0.15, 0.2) is 54.7 Å². The topological polar surface area (TPSA) is 140 Å². The minimum atomic E-state index is -3.27. The van der Waals surface area contributed by atoms with Crippen molar-refractivity contribution < 1.29 is 22.0 Å². The van der Waals surface area contributed by atoms with Crippen LogP contribution < -0.4 is 22.1 Å². The lowest BCUT2D eigenvalue weighted by atomic mass is 10.1. The molecule has 0 fully saturated rings. The van der Waals surface area contributed by atoms with Gasteiger partial charge in [0.15, 0.2) is 9.84 Å². The number of anilines is 3. The number of benzene rings is 2. The van der Waals surface area contributed by atoms with Crippen molar-refractivity contribution in [3.8, 4) is 0 Å². The molecule has 0 atom stereocenters. The summed E-state index contributed by atoms with van der Waals surface area (Å²) in [5.41, 5.74) is 12.8. The van der Waals surface area contributed by atoms with Crippen LogP contribution in [0.1, 0.15) is 21.5 Å². The Morgan fingerprint density at radius 3 is 2.27 bits per heavy atom. The first kappa shape index (κ1) is 24.1. The maximum Gasteiger partial charge on any atom is 0.252 e. The van der Waals surface area contributed by atoms with Crippen LogP contribution in [0.5, 0.6) is 0 Å². The number of sulfone groups is 1. The van der Waals surface area contributed by atoms with Crippen LogP contribution in [0.4, 0.5) is 26.0 Å². The number of hydrogen-bond acceptors (Lipinski definition) is 7. The number of nitrogens with zero attached hydrogens (tertiary/aromatic N) is 1. The Hall–Kier alpha value is -3.57. The molecule has 174 valence electrons. The van der Waals surface area contributed by atoms with Crippen LogP contribution in [-0.2, 0) is 22.1 Å². The second-order valence-corrected chi connectivity index (χ2v) is 9.50. The molecule has 11 heteroatoms. The molecule has 0 unspecified atom stereocenters. The van der Waals surface area contributed by atoms with Crippen LogP contribution in [0, 0.1) is 11.6 Å². The number of primary amides is 1. The highest BCUT2D eigenvalue weighted by Crippen LogP contribution is 2.23. The van der Waals surface area contributed by atoms with E-state index in [1.165, 1.54) is 24.4 Å². The van der Waals surface area contributed by atoms with Crippen molar-refractivity contribution in [2.24, 2.45) is 11.5 Å². The van der Waals surface area contributed by atoms with E-state index in [4.69, 9.17) is 11.5 Å². The second kappa shape index (κ2) is 10.4. The first-order valence-corrected chi connectivity index (χ1v) is 11.7. The Labute approximate surface area is 189 Å². The van der Waals surface area contributed by atoms with E-state index in [1.807, 2.05) is 0 Å². The van der Waals surface area contributed by atoms with Gasteiger partial charge in [-0.2, -0.15) is 0 Å². The third-order valence-electron chi connectivity index (χ3n) is 4.62. The fourth-order valence-corrected chi connectivity index (χ4v) is 4.32. The van der Waals surface area contributed by atoms with Gasteiger partial charge in [0.25, 0.3) is 5.91 Å². The van der Waals surface area contributed by atoms with Gasteiger partial charge in [0, 0.05) is 37.1 Å². The molecule has 33 heavy (non-hydrogen) atoms. The number of amides is 1. The Morgan fingerprint density at radius 2 is 1.67 bits per heavy atom. The molecule has 0 radical (unpaired) electrons. The number of rotatable bonds is 10. The summed E-state index contributed by atoms with van der Waals surface area (Å²) in [7, 11) is -3.27. The zero-order chi connectivity index (χ0) is 24.0. The van der Waals surface area contributed by atoms with Crippen molar-refractivity contribution in [2.75, 3.05) is 22.9 Å². The molecule has 3 aromatic rings. The van der Waals surface area contributed by atoms with Crippen molar-refractivity contribution >= 4 is 32.9 Å². The molecular formula is C22H23F2N5O3S. The van der Waals surface area contributed by atoms with Gasteiger partial charge in [-0.15, -0.1) is 0 Å². The number of aromatic nitrogens is 1. The Bertz CT molecular complexity index is 1230. The molecule has 1 heterocycles. The number of nitrogens with two attached hydrogens (primary N) is 2. The van der Waals surface area contributed by atoms with Gasteiger partial charge in [0.05, 0.1) is 22.8 Å². The lowest BCUT2D eigenvalue weighted by molar-refractivity contribution is 0.100. The lowest BCUT2D eigenvalue weighted by Gasteiger charge is -2.13. The molecule has 0 aliphatic carbocycles. The van der Waals surface area contributed by atoms with Gasteiger partial charge < -0.3 is 22.1 Å². The molecule has 1 amide bonds. The van der Waals surface area contributed by atoms with Crippen LogP contribution in [0.2, 0.25) is 0 Å². The van der Waals surface area contributed by atoms with Crippen LogP contribution in [-0.4, -0.2) is 31.6 Å². The quantitative estimate of drug-likeness (QED) is 0.353. The molecular weight excluding hydrogens is 452 g/mol. The maximum atomic E-state index is 13.4. The Balaban J connectivity index is 1.75. The van der Waals surface area contributed by atoms with E-state index in [2.05, 4.69) is 15.6 Å².